The van der Waals surface area contributed by atoms with E-state index in [-0.39, 0.29) is 6.29 Å². The van der Waals surface area contributed by atoms with E-state index in [1.165, 1.54) is 5.56 Å². The lowest BCUT2D eigenvalue weighted by molar-refractivity contribution is -0.140. The van der Waals surface area contributed by atoms with Gasteiger partial charge < -0.3 is 18.9 Å². The van der Waals surface area contributed by atoms with E-state index in [0.29, 0.717) is 13.2 Å². The molecule has 0 spiro atoms. The van der Waals surface area contributed by atoms with Gasteiger partial charge in [-0.05, 0) is 24.8 Å². The number of methoxy groups -OCH3 is 2. The first kappa shape index (κ1) is 17.1. The van der Waals surface area contributed by atoms with Gasteiger partial charge in [0.15, 0.2) is 6.29 Å². The number of hydrogen-bond acceptors (Lipinski definition) is 4. The van der Waals surface area contributed by atoms with Gasteiger partial charge in [0.1, 0.15) is 0 Å². The molecule has 0 fully saturated rings. The molecule has 114 valence electrons. The van der Waals surface area contributed by atoms with Gasteiger partial charge in [-0.15, -0.1) is 0 Å². The molecule has 0 aliphatic rings. The average molecular weight is 282 g/mol. The number of ether oxygens (including phenoxy) is 4. The van der Waals surface area contributed by atoms with E-state index in [2.05, 4.69) is 12.1 Å². The number of unbranched alkanes of at least 4 members (excludes halogenated alkanes) is 2. The van der Waals surface area contributed by atoms with Crippen LogP contribution in [0, 0.1) is 0 Å². The molecule has 0 N–H and O–H groups in total. The predicted molar refractivity (Wildman–Crippen MR) is 78.6 cm³/mol. The van der Waals surface area contributed by atoms with E-state index in [0.717, 1.165) is 32.5 Å². The largest absolute Gasteiger partial charge is 0.377 e. The van der Waals surface area contributed by atoms with E-state index in [4.69, 9.17) is 18.9 Å². The molecular formula is C16H26O4. The molecule has 20 heavy (non-hydrogen) atoms. The minimum absolute atomic E-state index is 0.260. The Labute approximate surface area is 122 Å². The van der Waals surface area contributed by atoms with Crippen molar-refractivity contribution in [2.45, 2.75) is 32.2 Å². The van der Waals surface area contributed by atoms with Crippen molar-refractivity contribution in [2.24, 2.45) is 0 Å². The van der Waals surface area contributed by atoms with Gasteiger partial charge in [-0.25, -0.2) is 0 Å². The summed E-state index contributed by atoms with van der Waals surface area (Å²) < 4.78 is 21.1. The Balaban J connectivity index is 1.85. The minimum Gasteiger partial charge on any atom is -0.377 e. The molecule has 0 saturated heterocycles. The summed E-state index contributed by atoms with van der Waals surface area (Å²) in [6.07, 6.45) is 2.95. The second-order valence-corrected chi connectivity index (χ2v) is 4.57. The fourth-order valence-corrected chi connectivity index (χ4v) is 1.76. The zero-order valence-corrected chi connectivity index (χ0v) is 12.5. The average Bonchev–Trinajstić information content (AvgIpc) is 2.50. The van der Waals surface area contributed by atoms with Gasteiger partial charge in [0.05, 0.1) is 13.2 Å². The molecule has 1 aromatic rings. The Morgan fingerprint density at radius 2 is 1.50 bits per heavy atom. The summed E-state index contributed by atoms with van der Waals surface area (Å²) >= 11 is 0. The van der Waals surface area contributed by atoms with Gasteiger partial charge in [-0.1, -0.05) is 30.3 Å². The second-order valence-electron chi connectivity index (χ2n) is 4.57. The smallest absolute Gasteiger partial charge is 0.180 e. The highest BCUT2D eigenvalue weighted by Crippen LogP contribution is 2.03. The van der Waals surface area contributed by atoms with E-state index < -0.39 is 0 Å². The molecule has 0 aliphatic heterocycles. The van der Waals surface area contributed by atoms with Gasteiger partial charge in [0.2, 0.25) is 0 Å². The predicted octanol–water partition coefficient (Wildman–Crippen LogP) is 3.01. The van der Waals surface area contributed by atoms with E-state index in [9.17, 15) is 0 Å². The quantitative estimate of drug-likeness (QED) is 0.436. The summed E-state index contributed by atoms with van der Waals surface area (Å²) in [7, 11) is 3.23. The van der Waals surface area contributed by atoms with Crippen molar-refractivity contribution in [1.29, 1.82) is 0 Å². The number of rotatable bonds is 12. The number of hydrogen-bond donors (Lipinski definition) is 0. The van der Waals surface area contributed by atoms with Crippen LogP contribution in [0.1, 0.15) is 24.8 Å². The molecule has 0 atom stereocenters. The highest BCUT2D eigenvalue weighted by molar-refractivity contribution is 5.13. The maximum absolute atomic E-state index is 5.62. The third-order valence-electron chi connectivity index (χ3n) is 2.97. The standard InChI is InChI=1S/C16H26O4/c1-17-16(18-2)14-20-12-8-4-7-11-19-13-15-9-5-3-6-10-15/h3,5-6,9-10,16H,4,7-8,11-14H2,1-2H3. The molecule has 0 bridgehead atoms. The molecule has 4 nitrogen and oxygen atoms in total. The summed E-state index contributed by atoms with van der Waals surface area (Å²) in [6, 6.07) is 10.2. The maximum Gasteiger partial charge on any atom is 0.180 e. The topological polar surface area (TPSA) is 36.9 Å². The Hall–Kier alpha value is -0.940. The van der Waals surface area contributed by atoms with Crippen molar-refractivity contribution in [3.63, 3.8) is 0 Å². The van der Waals surface area contributed by atoms with Crippen molar-refractivity contribution in [3.8, 4) is 0 Å². The summed E-state index contributed by atoms with van der Waals surface area (Å²) in [5, 5.41) is 0. The van der Waals surface area contributed by atoms with Crippen LogP contribution in [0.4, 0.5) is 0 Å². The highest BCUT2D eigenvalue weighted by Gasteiger charge is 2.03. The third-order valence-corrected chi connectivity index (χ3v) is 2.97. The lowest BCUT2D eigenvalue weighted by Gasteiger charge is -2.13. The van der Waals surface area contributed by atoms with Gasteiger partial charge in [-0.2, -0.15) is 0 Å². The van der Waals surface area contributed by atoms with Crippen LogP contribution in [0.15, 0.2) is 30.3 Å². The molecule has 0 aromatic heterocycles. The Morgan fingerprint density at radius 3 is 2.15 bits per heavy atom. The Kier molecular flexibility index (Phi) is 10.1. The molecule has 0 saturated carbocycles. The van der Waals surface area contributed by atoms with Crippen LogP contribution in [0.2, 0.25) is 0 Å². The van der Waals surface area contributed by atoms with Crippen LogP contribution in [0.25, 0.3) is 0 Å². The van der Waals surface area contributed by atoms with Crippen LogP contribution in [-0.4, -0.2) is 40.3 Å². The van der Waals surface area contributed by atoms with Gasteiger partial charge in [0.25, 0.3) is 0 Å². The first-order chi connectivity index (χ1) is 9.86. The third kappa shape index (κ3) is 8.27. The first-order valence-corrected chi connectivity index (χ1v) is 7.12. The van der Waals surface area contributed by atoms with Crippen molar-refractivity contribution in [1.82, 2.24) is 0 Å². The molecule has 0 heterocycles. The fraction of sp³-hybridized carbons (Fsp3) is 0.625. The lowest BCUT2D eigenvalue weighted by Crippen LogP contribution is -2.20. The zero-order valence-electron chi connectivity index (χ0n) is 12.5. The Morgan fingerprint density at radius 1 is 0.850 bits per heavy atom. The van der Waals surface area contributed by atoms with Crippen LogP contribution >= 0.6 is 0 Å². The summed E-state index contributed by atoms with van der Waals surface area (Å²) in [5.74, 6) is 0. The molecule has 0 aliphatic carbocycles. The molecular weight excluding hydrogens is 256 g/mol. The van der Waals surface area contributed by atoms with Crippen molar-refractivity contribution >= 4 is 0 Å². The van der Waals surface area contributed by atoms with E-state index >= 15 is 0 Å². The van der Waals surface area contributed by atoms with Crippen LogP contribution in [0.3, 0.4) is 0 Å². The highest BCUT2D eigenvalue weighted by atomic mass is 16.7. The molecule has 0 unspecified atom stereocenters. The van der Waals surface area contributed by atoms with Crippen molar-refractivity contribution in [2.75, 3.05) is 34.0 Å². The van der Waals surface area contributed by atoms with E-state index in [1.807, 2.05) is 18.2 Å². The summed E-state index contributed by atoms with van der Waals surface area (Å²) in [5.41, 5.74) is 1.22. The summed E-state index contributed by atoms with van der Waals surface area (Å²) in [6.45, 7) is 2.72. The van der Waals surface area contributed by atoms with Crippen LogP contribution < -0.4 is 0 Å². The van der Waals surface area contributed by atoms with Crippen molar-refractivity contribution in [3.05, 3.63) is 35.9 Å². The fourth-order valence-electron chi connectivity index (χ4n) is 1.76. The zero-order chi connectivity index (χ0) is 14.5. The number of benzene rings is 1. The first-order valence-electron chi connectivity index (χ1n) is 7.12. The normalized spacial score (nSPS) is 11.2. The molecule has 0 radical (unpaired) electrons. The molecule has 4 heteroatoms. The molecule has 0 amide bonds. The van der Waals surface area contributed by atoms with Gasteiger partial charge in [-0.3, -0.25) is 0 Å². The second kappa shape index (κ2) is 11.9. The van der Waals surface area contributed by atoms with Gasteiger partial charge in [0, 0.05) is 27.4 Å². The minimum atomic E-state index is -0.260. The molecule has 1 aromatic carbocycles. The van der Waals surface area contributed by atoms with E-state index in [1.54, 1.807) is 14.2 Å². The Bertz CT molecular complexity index is 312. The lowest BCUT2D eigenvalue weighted by atomic mass is 10.2. The van der Waals surface area contributed by atoms with Gasteiger partial charge >= 0.3 is 0 Å². The van der Waals surface area contributed by atoms with Crippen molar-refractivity contribution < 1.29 is 18.9 Å². The van der Waals surface area contributed by atoms with Crippen LogP contribution in [-0.2, 0) is 25.6 Å². The maximum atomic E-state index is 5.62. The monoisotopic (exact) mass is 282 g/mol. The molecule has 1 rings (SSSR count). The summed E-state index contributed by atoms with van der Waals surface area (Å²) in [4.78, 5) is 0. The van der Waals surface area contributed by atoms with Crippen LogP contribution in [0.5, 0.6) is 0 Å². The SMILES string of the molecule is COC(COCCCCCOCc1ccccc1)OC.